The SMILES string of the molecule is C=C/C(=C\N=C(/C)c1ccc(CC)cc1)CCCC. The standard InChI is InChI=1S/C18H25N/c1-5-8-9-17(7-3)14-19-15(4)18-12-10-16(6-2)11-13-18/h7,10-14H,3,5-6,8-9H2,1-2,4H3/b17-14+,19-15+. The summed E-state index contributed by atoms with van der Waals surface area (Å²) in [6.07, 6.45) is 8.39. The van der Waals surface area contributed by atoms with E-state index in [9.17, 15) is 0 Å². The van der Waals surface area contributed by atoms with Crippen LogP contribution in [0.2, 0.25) is 0 Å². The Hall–Kier alpha value is -1.63. The van der Waals surface area contributed by atoms with Gasteiger partial charge in [-0.2, -0.15) is 0 Å². The molecule has 0 aliphatic carbocycles. The Morgan fingerprint density at radius 3 is 2.42 bits per heavy atom. The van der Waals surface area contributed by atoms with Crippen LogP contribution in [0.5, 0.6) is 0 Å². The highest BCUT2D eigenvalue weighted by Crippen LogP contribution is 2.10. The first-order chi connectivity index (χ1) is 9.21. The van der Waals surface area contributed by atoms with Crippen LogP contribution in [0.15, 0.2) is 53.7 Å². The van der Waals surface area contributed by atoms with Crippen LogP contribution in [0.4, 0.5) is 0 Å². The molecule has 1 heteroatoms. The van der Waals surface area contributed by atoms with Gasteiger partial charge in [-0.05, 0) is 42.9 Å². The van der Waals surface area contributed by atoms with Crippen molar-refractivity contribution in [1.82, 2.24) is 0 Å². The Morgan fingerprint density at radius 2 is 1.89 bits per heavy atom. The third-order valence-corrected chi connectivity index (χ3v) is 3.29. The van der Waals surface area contributed by atoms with Crippen molar-refractivity contribution in [1.29, 1.82) is 0 Å². The normalized spacial score (nSPS) is 12.6. The lowest BCUT2D eigenvalue weighted by Gasteiger charge is -2.02. The number of hydrogen-bond acceptors (Lipinski definition) is 1. The molecular weight excluding hydrogens is 230 g/mol. The van der Waals surface area contributed by atoms with Crippen LogP contribution in [-0.2, 0) is 6.42 Å². The zero-order chi connectivity index (χ0) is 14.1. The Morgan fingerprint density at radius 1 is 1.21 bits per heavy atom. The second-order valence-electron chi connectivity index (χ2n) is 4.78. The third kappa shape index (κ3) is 5.25. The quantitative estimate of drug-likeness (QED) is 0.462. The fourth-order valence-corrected chi connectivity index (χ4v) is 1.84. The highest BCUT2D eigenvalue weighted by molar-refractivity contribution is 5.99. The molecule has 19 heavy (non-hydrogen) atoms. The first-order valence-corrected chi connectivity index (χ1v) is 7.16. The molecular formula is C18H25N. The number of allylic oxidation sites excluding steroid dienone is 2. The van der Waals surface area contributed by atoms with Crippen molar-refractivity contribution in [3.8, 4) is 0 Å². The van der Waals surface area contributed by atoms with E-state index < -0.39 is 0 Å². The second-order valence-corrected chi connectivity index (χ2v) is 4.78. The van der Waals surface area contributed by atoms with E-state index in [0.29, 0.717) is 0 Å². The van der Waals surface area contributed by atoms with Gasteiger partial charge in [0, 0.05) is 11.9 Å². The van der Waals surface area contributed by atoms with Gasteiger partial charge >= 0.3 is 0 Å². The number of benzene rings is 1. The van der Waals surface area contributed by atoms with Crippen LogP contribution in [0, 0.1) is 0 Å². The van der Waals surface area contributed by atoms with Crippen LogP contribution in [0.3, 0.4) is 0 Å². The number of aryl methyl sites for hydroxylation is 1. The van der Waals surface area contributed by atoms with Crippen molar-refractivity contribution in [3.63, 3.8) is 0 Å². The lowest BCUT2D eigenvalue weighted by Crippen LogP contribution is -1.94. The van der Waals surface area contributed by atoms with Crippen LogP contribution in [0.25, 0.3) is 0 Å². The van der Waals surface area contributed by atoms with E-state index in [4.69, 9.17) is 0 Å². The first kappa shape index (κ1) is 15.4. The summed E-state index contributed by atoms with van der Waals surface area (Å²) in [5.41, 5.74) is 4.82. The summed E-state index contributed by atoms with van der Waals surface area (Å²) < 4.78 is 0. The Balaban J connectivity index is 2.78. The number of hydrogen-bond donors (Lipinski definition) is 0. The van der Waals surface area contributed by atoms with Gasteiger partial charge in [-0.15, -0.1) is 0 Å². The summed E-state index contributed by atoms with van der Waals surface area (Å²) in [5, 5.41) is 0. The van der Waals surface area contributed by atoms with Gasteiger partial charge in [-0.25, -0.2) is 0 Å². The van der Waals surface area contributed by atoms with Crippen molar-refractivity contribution in [2.45, 2.75) is 46.5 Å². The molecule has 0 aliphatic heterocycles. The average Bonchev–Trinajstić information content (AvgIpc) is 2.47. The minimum Gasteiger partial charge on any atom is -0.261 e. The lowest BCUT2D eigenvalue weighted by molar-refractivity contribution is 0.796. The number of rotatable bonds is 7. The molecule has 0 saturated carbocycles. The monoisotopic (exact) mass is 255 g/mol. The zero-order valence-corrected chi connectivity index (χ0v) is 12.4. The second kappa shape index (κ2) is 8.47. The molecule has 1 aromatic rings. The fourth-order valence-electron chi connectivity index (χ4n) is 1.84. The van der Waals surface area contributed by atoms with Crippen molar-refractivity contribution < 1.29 is 0 Å². The molecule has 0 heterocycles. The number of unbranched alkanes of at least 4 members (excludes halogenated alkanes) is 1. The fraction of sp³-hybridized carbons (Fsp3) is 0.389. The molecule has 1 rings (SSSR count). The van der Waals surface area contributed by atoms with Crippen molar-refractivity contribution in [2.24, 2.45) is 4.99 Å². The van der Waals surface area contributed by atoms with E-state index in [1.807, 2.05) is 12.3 Å². The highest BCUT2D eigenvalue weighted by Gasteiger charge is 1.97. The molecule has 0 aliphatic rings. The summed E-state index contributed by atoms with van der Waals surface area (Å²) in [7, 11) is 0. The molecule has 1 aromatic carbocycles. The molecule has 0 radical (unpaired) electrons. The molecule has 1 nitrogen and oxygen atoms in total. The molecule has 0 fully saturated rings. The summed E-state index contributed by atoms with van der Waals surface area (Å²) in [6, 6.07) is 8.63. The maximum absolute atomic E-state index is 4.56. The van der Waals surface area contributed by atoms with Crippen LogP contribution in [-0.4, -0.2) is 5.71 Å². The largest absolute Gasteiger partial charge is 0.261 e. The molecule has 0 saturated heterocycles. The van der Waals surface area contributed by atoms with E-state index in [0.717, 1.165) is 18.6 Å². The maximum atomic E-state index is 4.56. The smallest absolute Gasteiger partial charge is 0.0445 e. The van der Waals surface area contributed by atoms with E-state index in [1.165, 1.54) is 29.5 Å². The summed E-state index contributed by atoms with van der Waals surface area (Å²) in [4.78, 5) is 4.56. The van der Waals surface area contributed by atoms with Crippen molar-refractivity contribution in [3.05, 3.63) is 59.8 Å². The predicted octanol–water partition coefficient (Wildman–Crippen LogP) is 5.32. The highest BCUT2D eigenvalue weighted by atomic mass is 14.7. The molecule has 0 N–H and O–H groups in total. The van der Waals surface area contributed by atoms with Gasteiger partial charge in [0.25, 0.3) is 0 Å². The van der Waals surface area contributed by atoms with Gasteiger partial charge in [-0.1, -0.05) is 57.2 Å². The van der Waals surface area contributed by atoms with E-state index in [1.54, 1.807) is 0 Å². The van der Waals surface area contributed by atoms with E-state index >= 15 is 0 Å². The first-order valence-electron chi connectivity index (χ1n) is 7.16. The van der Waals surface area contributed by atoms with Gasteiger partial charge < -0.3 is 0 Å². The van der Waals surface area contributed by atoms with Gasteiger partial charge in [0.15, 0.2) is 0 Å². The van der Waals surface area contributed by atoms with Crippen molar-refractivity contribution >= 4 is 5.71 Å². The van der Waals surface area contributed by atoms with E-state index in [2.05, 4.69) is 56.6 Å². The van der Waals surface area contributed by atoms with Gasteiger partial charge in [0.2, 0.25) is 0 Å². The maximum Gasteiger partial charge on any atom is 0.0445 e. The molecule has 0 unspecified atom stereocenters. The Bertz CT molecular complexity index is 449. The minimum absolute atomic E-state index is 1.05. The summed E-state index contributed by atoms with van der Waals surface area (Å²) >= 11 is 0. The molecule has 0 aromatic heterocycles. The van der Waals surface area contributed by atoms with Crippen LogP contribution in [0.1, 0.15) is 51.2 Å². The van der Waals surface area contributed by atoms with Crippen LogP contribution < -0.4 is 0 Å². The molecule has 102 valence electrons. The molecule has 0 spiro atoms. The van der Waals surface area contributed by atoms with Gasteiger partial charge in [0.1, 0.15) is 0 Å². The van der Waals surface area contributed by atoms with Crippen LogP contribution >= 0.6 is 0 Å². The van der Waals surface area contributed by atoms with E-state index in [-0.39, 0.29) is 0 Å². The molecule has 0 bridgehead atoms. The van der Waals surface area contributed by atoms with Gasteiger partial charge in [-0.3, -0.25) is 4.99 Å². The zero-order valence-electron chi connectivity index (χ0n) is 12.4. The minimum atomic E-state index is 1.05. The molecule has 0 atom stereocenters. The Labute approximate surface area is 117 Å². The number of aliphatic imine (C=N–C) groups is 1. The predicted molar refractivity (Wildman–Crippen MR) is 85.8 cm³/mol. The summed E-state index contributed by atoms with van der Waals surface area (Å²) in [6.45, 7) is 10.3. The lowest BCUT2D eigenvalue weighted by atomic mass is 10.1. The average molecular weight is 255 g/mol. The van der Waals surface area contributed by atoms with Gasteiger partial charge in [0.05, 0.1) is 0 Å². The Kier molecular flexibility index (Phi) is 6.88. The third-order valence-electron chi connectivity index (χ3n) is 3.29. The molecule has 0 amide bonds. The number of nitrogens with zero attached hydrogens (tertiary/aromatic N) is 1. The summed E-state index contributed by atoms with van der Waals surface area (Å²) in [5.74, 6) is 0. The topological polar surface area (TPSA) is 12.4 Å². The van der Waals surface area contributed by atoms with Crippen molar-refractivity contribution in [2.75, 3.05) is 0 Å².